The molecule has 1 unspecified atom stereocenters. The number of ether oxygens (including phenoxy) is 1. The van der Waals surface area contributed by atoms with Gasteiger partial charge in [0.1, 0.15) is 12.8 Å². The van der Waals surface area contributed by atoms with Crippen LogP contribution < -0.4 is 4.74 Å². The van der Waals surface area contributed by atoms with Crippen molar-refractivity contribution in [2.75, 3.05) is 6.61 Å². The molecule has 0 spiro atoms. The molecule has 0 aliphatic rings. The molecule has 1 rings (SSSR count). The van der Waals surface area contributed by atoms with Crippen LogP contribution >= 0.6 is 11.3 Å². The summed E-state index contributed by atoms with van der Waals surface area (Å²) in [7, 11) is 0. The van der Waals surface area contributed by atoms with Crippen molar-refractivity contribution in [1.82, 2.24) is 4.98 Å². The van der Waals surface area contributed by atoms with Gasteiger partial charge in [-0.05, 0) is 13.8 Å². The van der Waals surface area contributed by atoms with Crippen molar-refractivity contribution in [2.24, 2.45) is 0 Å². The number of alkyl halides is 1. The second-order valence-corrected chi connectivity index (χ2v) is 3.53. The Hall–Kier alpha value is -0.640. The van der Waals surface area contributed by atoms with Crippen molar-refractivity contribution in [3.63, 3.8) is 0 Å². The van der Waals surface area contributed by atoms with Gasteiger partial charge in [-0.2, -0.15) is 0 Å². The zero-order chi connectivity index (χ0) is 8.27. The van der Waals surface area contributed by atoms with Gasteiger partial charge in [0.25, 0.3) is 5.19 Å². The van der Waals surface area contributed by atoms with Gasteiger partial charge >= 0.3 is 0 Å². The number of thiazole rings is 1. The molecular formula is C7H10FNOS. The van der Waals surface area contributed by atoms with Crippen molar-refractivity contribution in [3.8, 4) is 5.19 Å². The van der Waals surface area contributed by atoms with Gasteiger partial charge in [0.15, 0.2) is 0 Å². The van der Waals surface area contributed by atoms with Crippen LogP contribution in [0.15, 0.2) is 6.20 Å². The lowest BCUT2D eigenvalue weighted by Gasteiger charge is -2.00. The van der Waals surface area contributed by atoms with Crippen LogP contribution in [0.25, 0.3) is 0 Å². The third-order valence-electron chi connectivity index (χ3n) is 1.04. The van der Waals surface area contributed by atoms with Crippen LogP contribution in [0.4, 0.5) is 4.39 Å². The highest BCUT2D eigenvalue weighted by Gasteiger charge is 2.02. The first-order valence-corrected chi connectivity index (χ1v) is 4.19. The zero-order valence-electron chi connectivity index (χ0n) is 6.50. The first-order chi connectivity index (χ1) is 5.18. The second-order valence-electron chi connectivity index (χ2n) is 2.33. The molecule has 0 aliphatic carbocycles. The predicted octanol–water partition coefficient (Wildman–Crippen LogP) is 2.19. The molecule has 4 heteroatoms. The van der Waals surface area contributed by atoms with Crippen LogP contribution in [0.1, 0.15) is 11.8 Å². The molecule has 1 atom stereocenters. The molecular weight excluding hydrogens is 165 g/mol. The van der Waals surface area contributed by atoms with Gasteiger partial charge in [0, 0.05) is 11.1 Å². The predicted molar refractivity (Wildman–Crippen MR) is 42.9 cm³/mol. The SMILES string of the molecule is Cc1cnc(OCC(C)F)s1. The monoisotopic (exact) mass is 175 g/mol. The van der Waals surface area contributed by atoms with Crippen molar-refractivity contribution in [2.45, 2.75) is 20.0 Å². The summed E-state index contributed by atoms with van der Waals surface area (Å²) in [5.41, 5.74) is 0. The number of halogens is 1. The smallest absolute Gasteiger partial charge is 0.273 e. The van der Waals surface area contributed by atoms with E-state index in [1.54, 1.807) is 6.20 Å². The summed E-state index contributed by atoms with van der Waals surface area (Å²) >= 11 is 1.43. The van der Waals surface area contributed by atoms with Gasteiger partial charge in [-0.15, -0.1) is 0 Å². The van der Waals surface area contributed by atoms with Gasteiger partial charge in [-0.1, -0.05) is 11.3 Å². The Morgan fingerprint density at radius 2 is 2.55 bits per heavy atom. The standard InChI is InChI=1S/C7H10FNOS/c1-5(8)4-10-7-9-3-6(2)11-7/h3,5H,4H2,1-2H3. The highest BCUT2D eigenvalue weighted by molar-refractivity contribution is 7.13. The molecule has 1 heterocycles. The van der Waals surface area contributed by atoms with Crippen molar-refractivity contribution in [1.29, 1.82) is 0 Å². The van der Waals surface area contributed by atoms with E-state index >= 15 is 0 Å². The van der Waals surface area contributed by atoms with E-state index in [2.05, 4.69) is 4.98 Å². The van der Waals surface area contributed by atoms with Crippen LogP contribution in [-0.4, -0.2) is 17.8 Å². The Bertz CT molecular complexity index is 224. The average molecular weight is 175 g/mol. The molecule has 0 N–H and O–H groups in total. The molecule has 11 heavy (non-hydrogen) atoms. The molecule has 1 aromatic heterocycles. The number of aryl methyl sites for hydroxylation is 1. The largest absolute Gasteiger partial charge is 0.467 e. The van der Waals surface area contributed by atoms with E-state index in [9.17, 15) is 4.39 Å². The molecule has 0 bridgehead atoms. The molecule has 0 fully saturated rings. The summed E-state index contributed by atoms with van der Waals surface area (Å²) in [6.07, 6.45) is 0.780. The van der Waals surface area contributed by atoms with E-state index < -0.39 is 6.17 Å². The zero-order valence-corrected chi connectivity index (χ0v) is 7.32. The maximum atomic E-state index is 12.2. The Morgan fingerprint density at radius 3 is 3.00 bits per heavy atom. The van der Waals surface area contributed by atoms with Crippen LogP contribution in [0.3, 0.4) is 0 Å². The topological polar surface area (TPSA) is 22.1 Å². The summed E-state index contributed by atoms with van der Waals surface area (Å²) in [6, 6.07) is 0. The van der Waals surface area contributed by atoms with Crippen molar-refractivity contribution < 1.29 is 9.13 Å². The minimum absolute atomic E-state index is 0.0902. The van der Waals surface area contributed by atoms with Crippen molar-refractivity contribution in [3.05, 3.63) is 11.1 Å². The number of hydrogen-bond donors (Lipinski definition) is 0. The summed E-state index contributed by atoms with van der Waals surface area (Å²) in [6.45, 7) is 3.48. The van der Waals surface area contributed by atoms with Gasteiger partial charge in [-0.25, -0.2) is 9.37 Å². The maximum absolute atomic E-state index is 12.2. The maximum Gasteiger partial charge on any atom is 0.273 e. The fraction of sp³-hybridized carbons (Fsp3) is 0.571. The van der Waals surface area contributed by atoms with E-state index in [1.807, 2.05) is 6.92 Å². The Labute approximate surface area is 69.0 Å². The highest BCUT2D eigenvalue weighted by Crippen LogP contribution is 2.19. The Kier molecular flexibility index (Phi) is 2.82. The van der Waals surface area contributed by atoms with Gasteiger partial charge in [-0.3, -0.25) is 0 Å². The number of aromatic nitrogens is 1. The molecule has 0 amide bonds. The third-order valence-corrected chi connectivity index (χ3v) is 1.86. The van der Waals surface area contributed by atoms with Gasteiger partial charge < -0.3 is 4.74 Å². The van der Waals surface area contributed by atoms with Gasteiger partial charge in [0.2, 0.25) is 0 Å². The lowest BCUT2D eigenvalue weighted by molar-refractivity contribution is 0.209. The fourth-order valence-electron chi connectivity index (χ4n) is 0.587. The van der Waals surface area contributed by atoms with Crippen LogP contribution in [0.2, 0.25) is 0 Å². The van der Waals surface area contributed by atoms with E-state index in [1.165, 1.54) is 18.3 Å². The van der Waals surface area contributed by atoms with E-state index in [0.29, 0.717) is 5.19 Å². The Balaban J connectivity index is 2.39. The third kappa shape index (κ3) is 2.84. The first kappa shape index (κ1) is 8.46. The van der Waals surface area contributed by atoms with Crippen molar-refractivity contribution >= 4 is 11.3 Å². The quantitative estimate of drug-likeness (QED) is 0.702. The lowest BCUT2D eigenvalue weighted by atomic mass is 10.5. The summed E-state index contributed by atoms with van der Waals surface area (Å²) < 4.78 is 17.3. The fourth-order valence-corrected chi connectivity index (χ4v) is 1.20. The van der Waals surface area contributed by atoms with Crippen LogP contribution in [-0.2, 0) is 0 Å². The molecule has 62 valence electrons. The molecule has 1 aromatic rings. The molecule has 0 saturated carbocycles. The average Bonchev–Trinajstić information content (AvgIpc) is 2.31. The summed E-state index contributed by atoms with van der Waals surface area (Å²) in [5, 5.41) is 0.548. The molecule has 2 nitrogen and oxygen atoms in total. The Morgan fingerprint density at radius 1 is 1.82 bits per heavy atom. The summed E-state index contributed by atoms with van der Waals surface area (Å²) in [4.78, 5) is 4.99. The van der Waals surface area contributed by atoms with Crippen LogP contribution in [0, 0.1) is 6.92 Å². The van der Waals surface area contributed by atoms with Crippen LogP contribution in [0.5, 0.6) is 5.19 Å². The highest BCUT2D eigenvalue weighted by atomic mass is 32.1. The summed E-state index contributed by atoms with van der Waals surface area (Å²) in [5.74, 6) is 0. The normalized spacial score (nSPS) is 13.0. The molecule has 0 aromatic carbocycles. The number of rotatable bonds is 3. The molecule has 0 radical (unpaired) electrons. The van der Waals surface area contributed by atoms with E-state index in [4.69, 9.17) is 4.74 Å². The minimum atomic E-state index is -0.931. The molecule has 0 saturated heterocycles. The molecule has 0 aliphatic heterocycles. The van der Waals surface area contributed by atoms with Gasteiger partial charge in [0.05, 0.1) is 0 Å². The number of nitrogens with zero attached hydrogens (tertiary/aromatic N) is 1. The first-order valence-electron chi connectivity index (χ1n) is 3.38. The number of hydrogen-bond acceptors (Lipinski definition) is 3. The lowest BCUT2D eigenvalue weighted by Crippen LogP contribution is -2.07. The minimum Gasteiger partial charge on any atom is -0.467 e. The van der Waals surface area contributed by atoms with E-state index in [-0.39, 0.29) is 6.61 Å². The van der Waals surface area contributed by atoms with E-state index in [0.717, 1.165) is 4.88 Å². The second kappa shape index (κ2) is 3.67.